The summed E-state index contributed by atoms with van der Waals surface area (Å²) in [5.74, 6) is 0. The van der Waals surface area contributed by atoms with E-state index in [9.17, 15) is 4.79 Å². The maximum absolute atomic E-state index is 11.3. The van der Waals surface area contributed by atoms with E-state index in [1.54, 1.807) is 12.1 Å². The Balaban J connectivity index is 1.88. The largest absolute Gasteiger partial charge is 0.376 e. The third-order valence-electron chi connectivity index (χ3n) is 3.51. The Kier molecular flexibility index (Phi) is 4.55. The summed E-state index contributed by atoms with van der Waals surface area (Å²) in [6, 6.07) is 3.36. The van der Waals surface area contributed by atoms with Crippen LogP contribution in [0, 0.1) is 13.8 Å². The van der Waals surface area contributed by atoms with Crippen molar-refractivity contribution in [3.8, 4) is 0 Å². The van der Waals surface area contributed by atoms with Crippen molar-refractivity contribution in [2.45, 2.75) is 39.3 Å². The highest BCUT2D eigenvalue weighted by molar-refractivity contribution is 5.12. The first kappa shape index (κ1) is 13.3. The van der Waals surface area contributed by atoms with E-state index in [1.807, 2.05) is 13.8 Å². The molecule has 18 heavy (non-hydrogen) atoms. The van der Waals surface area contributed by atoms with Gasteiger partial charge in [0.1, 0.15) is 0 Å². The number of aryl methyl sites for hydroxylation is 2. The first-order valence-corrected chi connectivity index (χ1v) is 6.67. The number of hydrogen-bond acceptors (Lipinski definition) is 3. The number of hydrogen-bond donors (Lipinski definition) is 1. The Morgan fingerprint density at radius 1 is 1.28 bits per heavy atom. The summed E-state index contributed by atoms with van der Waals surface area (Å²) in [5, 5.41) is 3.33. The fourth-order valence-corrected chi connectivity index (χ4v) is 2.51. The van der Waals surface area contributed by atoms with Crippen molar-refractivity contribution >= 4 is 0 Å². The van der Waals surface area contributed by atoms with Crippen LogP contribution in [-0.2, 0) is 11.3 Å². The minimum absolute atomic E-state index is 0.0838. The molecule has 100 valence electrons. The highest BCUT2D eigenvalue weighted by atomic mass is 16.5. The highest BCUT2D eigenvalue weighted by Gasteiger charge is 2.13. The molecule has 0 spiro atoms. The minimum Gasteiger partial charge on any atom is -0.376 e. The zero-order valence-electron chi connectivity index (χ0n) is 11.2. The van der Waals surface area contributed by atoms with Crippen LogP contribution in [-0.4, -0.2) is 30.4 Å². The molecule has 0 aromatic carbocycles. The molecule has 2 heterocycles. The van der Waals surface area contributed by atoms with Crippen LogP contribution in [0.25, 0.3) is 0 Å². The second-order valence-corrected chi connectivity index (χ2v) is 4.95. The summed E-state index contributed by atoms with van der Waals surface area (Å²) in [6.07, 6.45) is 2.59. The third kappa shape index (κ3) is 3.43. The van der Waals surface area contributed by atoms with Gasteiger partial charge in [0.15, 0.2) is 5.43 Å². The van der Waals surface area contributed by atoms with Gasteiger partial charge in [-0.2, -0.15) is 0 Å². The Morgan fingerprint density at radius 2 is 1.89 bits per heavy atom. The highest BCUT2D eigenvalue weighted by Crippen LogP contribution is 2.08. The van der Waals surface area contributed by atoms with E-state index in [2.05, 4.69) is 9.88 Å². The summed E-state index contributed by atoms with van der Waals surface area (Å²) < 4.78 is 8.03. The average molecular weight is 250 g/mol. The molecule has 1 saturated heterocycles. The molecule has 0 bridgehead atoms. The normalized spacial score (nSPS) is 17.0. The molecule has 1 aromatic rings. The van der Waals surface area contributed by atoms with Crippen molar-refractivity contribution in [3.05, 3.63) is 33.7 Å². The van der Waals surface area contributed by atoms with Crippen molar-refractivity contribution in [3.63, 3.8) is 0 Å². The lowest BCUT2D eigenvalue weighted by atomic mass is 10.1. The van der Waals surface area contributed by atoms with E-state index < -0.39 is 0 Å². The molecule has 4 heteroatoms. The lowest BCUT2D eigenvalue weighted by Crippen LogP contribution is -2.33. The van der Waals surface area contributed by atoms with Crippen LogP contribution in [0.5, 0.6) is 0 Å². The summed E-state index contributed by atoms with van der Waals surface area (Å²) in [4.78, 5) is 11.3. The molecule has 1 fully saturated rings. The van der Waals surface area contributed by atoms with Crippen LogP contribution >= 0.6 is 0 Å². The molecule has 0 unspecified atom stereocenters. The molecule has 1 aromatic heterocycles. The molecule has 0 aliphatic carbocycles. The first-order chi connectivity index (χ1) is 8.66. The van der Waals surface area contributed by atoms with Gasteiger partial charge in [-0.15, -0.1) is 0 Å². The van der Waals surface area contributed by atoms with Crippen LogP contribution in [0.3, 0.4) is 0 Å². The van der Waals surface area contributed by atoms with E-state index in [4.69, 9.17) is 4.74 Å². The molecule has 1 aliphatic rings. The molecule has 2 rings (SSSR count). The molecule has 1 aliphatic heterocycles. The molecule has 0 saturated carbocycles. The van der Waals surface area contributed by atoms with Crippen molar-refractivity contribution in [1.29, 1.82) is 0 Å². The number of aromatic nitrogens is 1. The molecule has 1 N–H and O–H groups in total. The first-order valence-electron chi connectivity index (χ1n) is 6.67. The Hall–Kier alpha value is -1.13. The van der Waals surface area contributed by atoms with Gasteiger partial charge in [0, 0.05) is 30.1 Å². The number of nitrogens with zero attached hydrogens (tertiary/aromatic N) is 1. The second-order valence-electron chi connectivity index (χ2n) is 4.95. The average Bonchev–Trinajstić information content (AvgIpc) is 2.34. The van der Waals surface area contributed by atoms with Crippen LogP contribution in [0.15, 0.2) is 16.9 Å². The quantitative estimate of drug-likeness (QED) is 0.874. The van der Waals surface area contributed by atoms with Crippen LogP contribution in [0.2, 0.25) is 0 Å². The maximum Gasteiger partial charge on any atom is 0.182 e. The zero-order chi connectivity index (χ0) is 13.0. The van der Waals surface area contributed by atoms with Crippen molar-refractivity contribution < 1.29 is 4.74 Å². The van der Waals surface area contributed by atoms with Gasteiger partial charge in [-0.1, -0.05) is 0 Å². The lowest BCUT2D eigenvalue weighted by molar-refractivity contribution is 0.0280. The summed E-state index contributed by atoms with van der Waals surface area (Å²) in [6.45, 7) is 7.59. The summed E-state index contributed by atoms with van der Waals surface area (Å²) in [5.41, 5.74) is 2.10. The second kappa shape index (κ2) is 6.16. The fourth-order valence-electron chi connectivity index (χ4n) is 2.51. The molecule has 0 atom stereocenters. The monoisotopic (exact) mass is 250 g/mol. The van der Waals surface area contributed by atoms with Gasteiger partial charge in [0.2, 0.25) is 0 Å². The van der Waals surface area contributed by atoms with Crippen molar-refractivity contribution in [1.82, 2.24) is 9.88 Å². The number of nitrogens with one attached hydrogen (secondary N) is 1. The number of piperidine rings is 1. The summed E-state index contributed by atoms with van der Waals surface area (Å²) in [7, 11) is 0. The van der Waals surface area contributed by atoms with Gasteiger partial charge in [0.25, 0.3) is 0 Å². The molecule has 0 amide bonds. The lowest BCUT2D eigenvalue weighted by Gasteiger charge is -2.23. The van der Waals surface area contributed by atoms with Crippen molar-refractivity contribution in [2.24, 2.45) is 0 Å². The van der Waals surface area contributed by atoms with Crippen LogP contribution in [0.4, 0.5) is 0 Å². The van der Waals surface area contributed by atoms with Gasteiger partial charge in [-0.3, -0.25) is 4.79 Å². The van der Waals surface area contributed by atoms with E-state index in [-0.39, 0.29) is 5.43 Å². The van der Waals surface area contributed by atoms with E-state index >= 15 is 0 Å². The predicted octanol–water partition coefficient (Wildman–Crippen LogP) is 1.23. The molecular weight excluding hydrogens is 228 g/mol. The smallest absolute Gasteiger partial charge is 0.182 e. The van der Waals surface area contributed by atoms with E-state index in [0.717, 1.165) is 50.5 Å². The van der Waals surface area contributed by atoms with Gasteiger partial charge in [-0.05, 0) is 39.8 Å². The van der Waals surface area contributed by atoms with E-state index in [0.29, 0.717) is 6.10 Å². The number of ether oxygens (including phenoxy) is 1. The third-order valence-corrected chi connectivity index (χ3v) is 3.51. The predicted molar refractivity (Wildman–Crippen MR) is 72.0 cm³/mol. The Bertz CT molecular complexity index is 421. The Labute approximate surface area is 108 Å². The van der Waals surface area contributed by atoms with E-state index in [1.165, 1.54) is 0 Å². The topological polar surface area (TPSA) is 43.3 Å². The number of rotatable bonds is 4. The van der Waals surface area contributed by atoms with Gasteiger partial charge in [0.05, 0.1) is 12.7 Å². The SMILES string of the molecule is Cc1cc(=O)cc(C)n1CCOC1CCNCC1. The summed E-state index contributed by atoms with van der Waals surface area (Å²) >= 11 is 0. The van der Waals surface area contributed by atoms with Gasteiger partial charge in [-0.25, -0.2) is 0 Å². The standard InChI is InChI=1S/C14H22N2O2/c1-11-9-13(17)10-12(2)16(11)7-8-18-14-3-5-15-6-4-14/h9-10,14-15H,3-8H2,1-2H3. The Morgan fingerprint density at radius 3 is 2.50 bits per heavy atom. The van der Waals surface area contributed by atoms with Gasteiger partial charge < -0.3 is 14.6 Å². The van der Waals surface area contributed by atoms with Crippen LogP contribution in [0.1, 0.15) is 24.2 Å². The van der Waals surface area contributed by atoms with Crippen molar-refractivity contribution in [2.75, 3.05) is 19.7 Å². The molecule has 4 nitrogen and oxygen atoms in total. The van der Waals surface area contributed by atoms with Gasteiger partial charge >= 0.3 is 0 Å². The van der Waals surface area contributed by atoms with Crippen LogP contribution < -0.4 is 10.7 Å². The molecule has 0 radical (unpaired) electrons. The fraction of sp³-hybridized carbons (Fsp3) is 0.643. The minimum atomic E-state index is 0.0838. The maximum atomic E-state index is 11.3. The molecular formula is C14H22N2O2. The number of pyridine rings is 1. The zero-order valence-corrected chi connectivity index (χ0v) is 11.2.